The first-order valence-corrected chi connectivity index (χ1v) is 6.77. The van der Waals surface area contributed by atoms with Gasteiger partial charge in [-0.25, -0.2) is 4.39 Å². The van der Waals surface area contributed by atoms with Crippen molar-refractivity contribution >= 4 is 0 Å². The van der Waals surface area contributed by atoms with Crippen molar-refractivity contribution in [3.8, 4) is 5.75 Å². The second-order valence-corrected chi connectivity index (χ2v) is 5.06. The second-order valence-electron chi connectivity index (χ2n) is 5.06. The van der Waals surface area contributed by atoms with Crippen molar-refractivity contribution in [1.29, 1.82) is 0 Å². The van der Waals surface area contributed by atoms with Gasteiger partial charge >= 0.3 is 0 Å². The molecule has 0 aliphatic carbocycles. The van der Waals surface area contributed by atoms with Crippen molar-refractivity contribution in [3.63, 3.8) is 0 Å². The van der Waals surface area contributed by atoms with Crippen molar-refractivity contribution in [3.05, 3.63) is 66.0 Å². The minimum Gasteiger partial charge on any atom is -0.486 e. The summed E-state index contributed by atoms with van der Waals surface area (Å²) in [6.45, 7) is 0.931. The van der Waals surface area contributed by atoms with Gasteiger partial charge in [0, 0.05) is 13.0 Å². The van der Waals surface area contributed by atoms with Crippen LogP contribution < -0.4 is 4.74 Å². The molecule has 0 aliphatic rings. The summed E-state index contributed by atoms with van der Waals surface area (Å²) in [7, 11) is 4.08. The highest BCUT2D eigenvalue weighted by Gasteiger charge is 2.13. The molecule has 0 aliphatic heterocycles. The first-order chi connectivity index (χ1) is 9.65. The molecule has 0 saturated carbocycles. The number of hydrogen-bond acceptors (Lipinski definition) is 2. The SMILES string of the molecule is CN(C)CCC(Oc1ccc(F)cc1)c1ccccc1. The Morgan fingerprint density at radius 2 is 1.65 bits per heavy atom. The third-order valence-electron chi connectivity index (χ3n) is 3.10. The van der Waals surface area contributed by atoms with Crippen LogP contribution in [0.1, 0.15) is 18.1 Å². The fraction of sp³-hybridized carbons (Fsp3) is 0.294. The van der Waals surface area contributed by atoms with E-state index in [0.29, 0.717) is 5.75 Å². The normalized spacial score (nSPS) is 12.4. The minimum atomic E-state index is -0.248. The number of halogens is 1. The van der Waals surface area contributed by atoms with Gasteiger partial charge in [-0.1, -0.05) is 30.3 Å². The zero-order chi connectivity index (χ0) is 14.4. The molecule has 1 atom stereocenters. The zero-order valence-corrected chi connectivity index (χ0v) is 11.9. The highest BCUT2D eigenvalue weighted by molar-refractivity contribution is 5.25. The van der Waals surface area contributed by atoms with Crippen LogP contribution in [-0.4, -0.2) is 25.5 Å². The largest absolute Gasteiger partial charge is 0.486 e. The Labute approximate surface area is 119 Å². The number of nitrogens with zero attached hydrogens (tertiary/aromatic N) is 1. The lowest BCUT2D eigenvalue weighted by atomic mass is 10.1. The highest BCUT2D eigenvalue weighted by atomic mass is 19.1. The monoisotopic (exact) mass is 273 g/mol. The molecular formula is C17H20FNO. The molecular weight excluding hydrogens is 253 g/mol. The van der Waals surface area contributed by atoms with Gasteiger partial charge in [-0.15, -0.1) is 0 Å². The van der Waals surface area contributed by atoms with Crippen molar-refractivity contribution in [1.82, 2.24) is 4.90 Å². The third kappa shape index (κ3) is 4.35. The van der Waals surface area contributed by atoms with Crippen molar-refractivity contribution in [2.24, 2.45) is 0 Å². The molecule has 2 nitrogen and oxygen atoms in total. The van der Waals surface area contributed by atoms with Gasteiger partial charge in [0.25, 0.3) is 0 Å². The van der Waals surface area contributed by atoms with Crippen LogP contribution in [0.4, 0.5) is 4.39 Å². The number of benzene rings is 2. The smallest absolute Gasteiger partial charge is 0.125 e. The molecule has 0 bridgehead atoms. The Balaban J connectivity index is 2.12. The predicted octanol–water partition coefficient (Wildman–Crippen LogP) is 3.90. The van der Waals surface area contributed by atoms with Gasteiger partial charge in [-0.05, 0) is 43.9 Å². The van der Waals surface area contributed by atoms with Crippen LogP contribution in [-0.2, 0) is 0 Å². The van der Waals surface area contributed by atoms with E-state index in [1.165, 1.54) is 12.1 Å². The lowest BCUT2D eigenvalue weighted by molar-refractivity contribution is 0.179. The molecule has 1 unspecified atom stereocenters. The van der Waals surface area contributed by atoms with Crippen LogP contribution in [0.25, 0.3) is 0 Å². The Bertz CT molecular complexity index is 510. The average molecular weight is 273 g/mol. The van der Waals surface area contributed by atoms with Crippen LogP contribution in [0.3, 0.4) is 0 Å². The van der Waals surface area contributed by atoms with Gasteiger partial charge in [0.15, 0.2) is 0 Å². The maximum atomic E-state index is 12.9. The third-order valence-corrected chi connectivity index (χ3v) is 3.10. The fourth-order valence-electron chi connectivity index (χ4n) is 2.01. The predicted molar refractivity (Wildman–Crippen MR) is 79.4 cm³/mol. The standard InChI is InChI=1S/C17H20FNO/c1-19(2)13-12-17(14-6-4-3-5-7-14)20-16-10-8-15(18)9-11-16/h3-11,17H,12-13H2,1-2H3. The summed E-state index contributed by atoms with van der Waals surface area (Å²) in [6.07, 6.45) is 0.859. The van der Waals surface area contributed by atoms with E-state index < -0.39 is 0 Å². The van der Waals surface area contributed by atoms with Gasteiger partial charge in [0.05, 0.1) is 0 Å². The average Bonchev–Trinajstić information content (AvgIpc) is 2.46. The van der Waals surface area contributed by atoms with Crippen molar-refractivity contribution < 1.29 is 9.13 Å². The molecule has 2 aromatic rings. The van der Waals surface area contributed by atoms with E-state index in [9.17, 15) is 4.39 Å². The van der Waals surface area contributed by atoms with E-state index in [-0.39, 0.29) is 11.9 Å². The van der Waals surface area contributed by atoms with E-state index in [2.05, 4.69) is 17.0 Å². The van der Waals surface area contributed by atoms with E-state index in [0.717, 1.165) is 18.5 Å². The molecule has 0 fully saturated rings. The Morgan fingerprint density at radius 1 is 1.00 bits per heavy atom. The molecule has 0 heterocycles. The molecule has 106 valence electrons. The van der Waals surface area contributed by atoms with Gasteiger partial charge in [0.2, 0.25) is 0 Å². The molecule has 0 N–H and O–H groups in total. The maximum Gasteiger partial charge on any atom is 0.125 e. The zero-order valence-electron chi connectivity index (χ0n) is 11.9. The number of rotatable bonds is 6. The summed E-state index contributed by atoms with van der Waals surface area (Å²) in [5, 5.41) is 0. The lowest BCUT2D eigenvalue weighted by Gasteiger charge is -2.21. The van der Waals surface area contributed by atoms with Crippen LogP contribution >= 0.6 is 0 Å². The van der Waals surface area contributed by atoms with Crippen LogP contribution in [0, 0.1) is 5.82 Å². The van der Waals surface area contributed by atoms with Gasteiger partial charge in [-0.3, -0.25) is 0 Å². The van der Waals surface area contributed by atoms with Crippen LogP contribution in [0.15, 0.2) is 54.6 Å². The summed E-state index contributed by atoms with van der Waals surface area (Å²) in [4.78, 5) is 2.13. The van der Waals surface area contributed by atoms with Gasteiger partial charge in [0.1, 0.15) is 17.7 Å². The summed E-state index contributed by atoms with van der Waals surface area (Å²) >= 11 is 0. The summed E-state index contributed by atoms with van der Waals surface area (Å²) < 4.78 is 19.0. The number of hydrogen-bond donors (Lipinski definition) is 0. The summed E-state index contributed by atoms with van der Waals surface area (Å²) in [6, 6.07) is 16.3. The first-order valence-electron chi connectivity index (χ1n) is 6.77. The van der Waals surface area contributed by atoms with E-state index >= 15 is 0 Å². The molecule has 0 spiro atoms. The molecule has 0 amide bonds. The van der Waals surface area contributed by atoms with Crippen molar-refractivity contribution in [2.45, 2.75) is 12.5 Å². The first kappa shape index (κ1) is 14.5. The van der Waals surface area contributed by atoms with Crippen LogP contribution in [0.5, 0.6) is 5.75 Å². The molecule has 3 heteroatoms. The highest BCUT2D eigenvalue weighted by Crippen LogP contribution is 2.25. The van der Waals surface area contributed by atoms with E-state index in [1.54, 1.807) is 12.1 Å². The quantitative estimate of drug-likeness (QED) is 0.791. The van der Waals surface area contributed by atoms with Gasteiger partial charge in [-0.2, -0.15) is 0 Å². The molecule has 2 aromatic carbocycles. The Morgan fingerprint density at radius 3 is 2.25 bits per heavy atom. The summed E-state index contributed by atoms with van der Waals surface area (Å²) in [5.41, 5.74) is 1.14. The van der Waals surface area contributed by atoms with Gasteiger partial charge < -0.3 is 9.64 Å². The van der Waals surface area contributed by atoms with Crippen molar-refractivity contribution in [2.75, 3.05) is 20.6 Å². The Hall–Kier alpha value is -1.87. The van der Waals surface area contributed by atoms with Crippen LogP contribution in [0.2, 0.25) is 0 Å². The molecule has 20 heavy (non-hydrogen) atoms. The lowest BCUT2D eigenvalue weighted by Crippen LogP contribution is -2.18. The molecule has 2 rings (SSSR count). The topological polar surface area (TPSA) is 12.5 Å². The number of ether oxygens (including phenoxy) is 1. The Kier molecular flexibility index (Phi) is 5.13. The fourth-order valence-corrected chi connectivity index (χ4v) is 2.01. The second kappa shape index (κ2) is 7.06. The van der Waals surface area contributed by atoms with E-state index in [1.807, 2.05) is 32.3 Å². The minimum absolute atomic E-state index is 0.0240. The molecule has 0 saturated heterocycles. The van der Waals surface area contributed by atoms with E-state index in [4.69, 9.17) is 4.74 Å². The maximum absolute atomic E-state index is 12.9. The summed E-state index contributed by atoms with van der Waals surface area (Å²) in [5.74, 6) is 0.445. The molecule has 0 aromatic heterocycles. The molecule has 0 radical (unpaired) electrons.